The summed E-state index contributed by atoms with van der Waals surface area (Å²) in [5.41, 5.74) is 7.84. The Bertz CT molecular complexity index is 553. The van der Waals surface area contributed by atoms with Gasteiger partial charge in [0, 0.05) is 19.3 Å². The standard InChI is InChI=1S/C16H22N2O/c1-12-3-4-14-10-15(6-5-13(14)9-12)18(2)11-16(19)7-8-17/h3-6,9-10,16,19H,7-8,11,17H2,1-2H3. The Morgan fingerprint density at radius 3 is 2.58 bits per heavy atom. The van der Waals surface area contributed by atoms with Crippen molar-refractivity contribution < 1.29 is 5.11 Å². The fraction of sp³-hybridized carbons (Fsp3) is 0.375. The number of hydrogen-bond acceptors (Lipinski definition) is 3. The van der Waals surface area contributed by atoms with Gasteiger partial charge in [0.2, 0.25) is 0 Å². The van der Waals surface area contributed by atoms with Gasteiger partial charge in [-0.2, -0.15) is 0 Å². The molecular weight excluding hydrogens is 236 g/mol. The molecule has 0 radical (unpaired) electrons. The highest BCUT2D eigenvalue weighted by atomic mass is 16.3. The topological polar surface area (TPSA) is 49.5 Å². The van der Waals surface area contributed by atoms with E-state index in [9.17, 15) is 5.11 Å². The summed E-state index contributed by atoms with van der Waals surface area (Å²) in [4.78, 5) is 2.07. The minimum absolute atomic E-state index is 0.372. The molecule has 19 heavy (non-hydrogen) atoms. The molecule has 3 heteroatoms. The molecule has 0 aliphatic carbocycles. The van der Waals surface area contributed by atoms with Crippen LogP contribution in [0.25, 0.3) is 10.8 Å². The molecule has 0 aliphatic rings. The first kappa shape index (κ1) is 13.8. The molecule has 0 aliphatic heterocycles. The lowest BCUT2D eigenvalue weighted by atomic mass is 10.1. The maximum absolute atomic E-state index is 9.81. The van der Waals surface area contributed by atoms with Crippen molar-refractivity contribution in [2.75, 3.05) is 25.0 Å². The van der Waals surface area contributed by atoms with Crippen molar-refractivity contribution in [3.63, 3.8) is 0 Å². The number of nitrogens with two attached hydrogens (primary N) is 1. The number of aliphatic hydroxyl groups is 1. The van der Waals surface area contributed by atoms with E-state index in [-0.39, 0.29) is 6.10 Å². The van der Waals surface area contributed by atoms with Crippen molar-refractivity contribution in [2.45, 2.75) is 19.4 Å². The van der Waals surface area contributed by atoms with E-state index < -0.39 is 0 Å². The van der Waals surface area contributed by atoms with Crippen molar-refractivity contribution >= 4 is 16.5 Å². The molecule has 2 aromatic carbocycles. The molecule has 0 saturated heterocycles. The Labute approximate surface area is 114 Å². The van der Waals surface area contributed by atoms with Crippen molar-refractivity contribution in [1.82, 2.24) is 0 Å². The van der Waals surface area contributed by atoms with Crippen molar-refractivity contribution in [3.8, 4) is 0 Å². The van der Waals surface area contributed by atoms with Gasteiger partial charge in [0.15, 0.2) is 0 Å². The van der Waals surface area contributed by atoms with Gasteiger partial charge >= 0.3 is 0 Å². The van der Waals surface area contributed by atoms with Crippen LogP contribution in [0.15, 0.2) is 36.4 Å². The zero-order chi connectivity index (χ0) is 13.8. The number of benzene rings is 2. The van der Waals surface area contributed by atoms with E-state index in [1.54, 1.807) is 0 Å². The van der Waals surface area contributed by atoms with E-state index in [0.717, 1.165) is 5.69 Å². The summed E-state index contributed by atoms with van der Waals surface area (Å²) in [6, 6.07) is 12.8. The first-order valence-corrected chi connectivity index (χ1v) is 6.70. The second-order valence-corrected chi connectivity index (χ2v) is 5.15. The van der Waals surface area contributed by atoms with E-state index in [1.807, 2.05) is 7.05 Å². The van der Waals surface area contributed by atoms with Gasteiger partial charge in [0.1, 0.15) is 0 Å². The van der Waals surface area contributed by atoms with E-state index in [4.69, 9.17) is 5.73 Å². The molecule has 0 amide bonds. The largest absolute Gasteiger partial charge is 0.391 e. The van der Waals surface area contributed by atoms with Crippen molar-refractivity contribution in [3.05, 3.63) is 42.0 Å². The molecule has 102 valence electrons. The minimum atomic E-state index is -0.372. The molecule has 0 aromatic heterocycles. The van der Waals surface area contributed by atoms with Gasteiger partial charge < -0.3 is 15.7 Å². The van der Waals surface area contributed by atoms with Crippen LogP contribution >= 0.6 is 0 Å². The van der Waals surface area contributed by atoms with Crippen LogP contribution in [0.3, 0.4) is 0 Å². The molecule has 1 unspecified atom stereocenters. The number of nitrogens with zero attached hydrogens (tertiary/aromatic N) is 1. The first-order valence-electron chi connectivity index (χ1n) is 6.70. The van der Waals surface area contributed by atoms with E-state index >= 15 is 0 Å². The minimum Gasteiger partial charge on any atom is -0.391 e. The Kier molecular flexibility index (Phi) is 4.40. The maximum atomic E-state index is 9.81. The Balaban J connectivity index is 2.18. The van der Waals surface area contributed by atoms with Gasteiger partial charge in [-0.3, -0.25) is 0 Å². The van der Waals surface area contributed by atoms with Gasteiger partial charge in [-0.05, 0) is 42.8 Å². The van der Waals surface area contributed by atoms with Crippen LogP contribution in [0.2, 0.25) is 0 Å². The van der Waals surface area contributed by atoms with Gasteiger partial charge in [-0.1, -0.05) is 29.8 Å². The Hall–Kier alpha value is -1.58. The van der Waals surface area contributed by atoms with Crippen molar-refractivity contribution in [2.24, 2.45) is 5.73 Å². The summed E-state index contributed by atoms with van der Waals surface area (Å²) < 4.78 is 0. The van der Waals surface area contributed by atoms with Crippen LogP contribution in [0, 0.1) is 6.92 Å². The summed E-state index contributed by atoms with van der Waals surface area (Å²) >= 11 is 0. The Morgan fingerprint density at radius 1 is 1.16 bits per heavy atom. The van der Waals surface area contributed by atoms with Crippen LogP contribution < -0.4 is 10.6 Å². The summed E-state index contributed by atoms with van der Waals surface area (Å²) in [6.07, 6.45) is 0.264. The van der Waals surface area contributed by atoms with Gasteiger partial charge in [-0.25, -0.2) is 0 Å². The molecule has 2 aromatic rings. The monoisotopic (exact) mass is 258 g/mol. The zero-order valence-electron chi connectivity index (χ0n) is 11.6. The highest BCUT2D eigenvalue weighted by molar-refractivity contribution is 5.86. The number of rotatable bonds is 5. The van der Waals surface area contributed by atoms with Gasteiger partial charge in [0.25, 0.3) is 0 Å². The second-order valence-electron chi connectivity index (χ2n) is 5.15. The van der Waals surface area contributed by atoms with Crippen LogP contribution in [0.1, 0.15) is 12.0 Å². The summed E-state index contributed by atoms with van der Waals surface area (Å²) in [7, 11) is 2.00. The summed E-state index contributed by atoms with van der Waals surface area (Å²) in [6.45, 7) is 3.23. The molecule has 1 atom stereocenters. The molecule has 0 heterocycles. The SMILES string of the molecule is Cc1ccc2cc(N(C)CC(O)CCN)ccc2c1. The van der Waals surface area contributed by atoms with Crippen LogP contribution in [-0.2, 0) is 0 Å². The van der Waals surface area contributed by atoms with Crippen LogP contribution in [-0.4, -0.2) is 31.3 Å². The molecule has 0 fully saturated rings. The third-order valence-electron chi connectivity index (χ3n) is 3.40. The lowest BCUT2D eigenvalue weighted by Gasteiger charge is -2.23. The normalized spacial score (nSPS) is 12.6. The van der Waals surface area contributed by atoms with E-state index in [1.165, 1.54) is 16.3 Å². The zero-order valence-corrected chi connectivity index (χ0v) is 11.6. The first-order chi connectivity index (χ1) is 9.10. The van der Waals surface area contributed by atoms with Crippen LogP contribution in [0.4, 0.5) is 5.69 Å². The highest BCUT2D eigenvalue weighted by Gasteiger charge is 2.08. The highest BCUT2D eigenvalue weighted by Crippen LogP contribution is 2.22. The molecule has 3 nitrogen and oxygen atoms in total. The number of aryl methyl sites for hydroxylation is 1. The predicted octanol–water partition coefficient (Wildman–Crippen LogP) is 2.29. The molecule has 0 spiro atoms. The molecular formula is C16H22N2O. The summed E-state index contributed by atoms with van der Waals surface area (Å²) in [5.74, 6) is 0. The predicted molar refractivity (Wildman–Crippen MR) is 81.6 cm³/mol. The molecule has 0 bridgehead atoms. The number of likely N-dealkylation sites (N-methyl/N-ethyl adjacent to an activating group) is 1. The molecule has 2 rings (SSSR count). The lowest BCUT2D eigenvalue weighted by molar-refractivity contribution is 0.174. The fourth-order valence-corrected chi connectivity index (χ4v) is 2.30. The Morgan fingerprint density at radius 2 is 1.84 bits per heavy atom. The third kappa shape index (κ3) is 3.46. The maximum Gasteiger partial charge on any atom is 0.0726 e. The van der Waals surface area contributed by atoms with Gasteiger partial charge in [-0.15, -0.1) is 0 Å². The molecule has 3 N–H and O–H groups in total. The van der Waals surface area contributed by atoms with Crippen LogP contribution in [0.5, 0.6) is 0 Å². The number of hydrogen-bond donors (Lipinski definition) is 2. The average Bonchev–Trinajstić information content (AvgIpc) is 2.38. The number of fused-ring (bicyclic) bond motifs is 1. The smallest absolute Gasteiger partial charge is 0.0726 e. The number of anilines is 1. The summed E-state index contributed by atoms with van der Waals surface area (Å²) in [5, 5.41) is 12.3. The fourth-order valence-electron chi connectivity index (χ4n) is 2.30. The quantitative estimate of drug-likeness (QED) is 0.865. The van der Waals surface area contributed by atoms with E-state index in [2.05, 4.69) is 48.2 Å². The third-order valence-corrected chi connectivity index (χ3v) is 3.40. The lowest BCUT2D eigenvalue weighted by Crippen LogP contribution is -2.30. The second kappa shape index (κ2) is 6.04. The van der Waals surface area contributed by atoms with Crippen molar-refractivity contribution in [1.29, 1.82) is 0 Å². The molecule has 0 saturated carbocycles. The number of aliphatic hydroxyl groups excluding tert-OH is 1. The van der Waals surface area contributed by atoms with E-state index in [0.29, 0.717) is 19.5 Å². The average molecular weight is 258 g/mol. The van der Waals surface area contributed by atoms with Gasteiger partial charge in [0.05, 0.1) is 6.10 Å².